The normalized spacial score (nSPS) is 42.2. The van der Waals surface area contributed by atoms with Crippen molar-refractivity contribution in [3.63, 3.8) is 0 Å². The van der Waals surface area contributed by atoms with Crippen LogP contribution in [0.3, 0.4) is 0 Å². The summed E-state index contributed by atoms with van der Waals surface area (Å²) in [5.74, 6) is 0.104. The molecule has 0 amide bonds. The van der Waals surface area contributed by atoms with E-state index in [4.69, 9.17) is 18.9 Å². The molecule has 1 aliphatic heterocycles. The number of fused-ring (bicyclic) bond motifs is 5. The van der Waals surface area contributed by atoms with E-state index in [1.54, 1.807) is 5.57 Å². The van der Waals surface area contributed by atoms with Crippen LogP contribution in [0.4, 0.5) is 0 Å². The van der Waals surface area contributed by atoms with E-state index in [9.17, 15) is 19.4 Å². The first-order valence-corrected chi connectivity index (χ1v) is 14.6. The smallest absolute Gasteiger partial charge is 0.746 e. The SMILES string of the molecule is CC1=C(OP(=O)([O-])O[C@H]2CCC3C4CC=C5CCCC[C@]5(C)C4CC[C@@]32C)C(=O)OC1C(O)CO.[Na+]. The molecule has 3 saturated carbocycles. The van der Waals surface area contributed by atoms with Crippen LogP contribution in [-0.4, -0.2) is 41.1 Å². The zero-order valence-corrected chi connectivity index (χ0v) is 24.8. The summed E-state index contributed by atoms with van der Waals surface area (Å²) in [5, 5.41) is 19.0. The van der Waals surface area contributed by atoms with Crippen molar-refractivity contribution in [3.05, 3.63) is 23.0 Å². The molecular weight excluding hydrogens is 494 g/mol. The standard InChI is InChI=1S/C26H39O8P.Na/c1-15-22(20(28)14-27)32-24(29)23(15)34-35(30,31)33-21-10-9-18-17-8-7-16-6-4-5-12-25(16,2)19(17)11-13-26(18,21)3;/h7,17-22,27-28H,4-6,8-14H2,1-3H3,(H,30,31);/q;+1/p-1/t17?,18?,19?,20?,21-,22?,25-,26-;/m0./s1. The van der Waals surface area contributed by atoms with Crippen molar-refractivity contribution < 1.29 is 67.8 Å². The van der Waals surface area contributed by atoms with Crippen molar-refractivity contribution in [3.8, 4) is 0 Å². The van der Waals surface area contributed by atoms with Crippen LogP contribution >= 0.6 is 7.82 Å². The maximum atomic E-state index is 12.9. The first kappa shape index (κ1) is 28.8. The second-order valence-corrected chi connectivity index (χ2v) is 13.1. The largest absolute Gasteiger partial charge is 1.00 e. The van der Waals surface area contributed by atoms with Gasteiger partial charge >= 0.3 is 43.3 Å². The molecule has 4 aliphatic carbocycles. The molecule has 0 radical (unpaired) electrons. The number of esters is 1. The van der Waals surface area contributed by atoms with Crippen LogP contribution in [0.5, 0.6) is 0 Å². The Kier molecular flexibility index (Phi) is 8.34. The molecule has 10 heteroatoms. The number of rotatable bonds is 6. The number of aliphatic hydroxyl groups is 2. The van der Waals surface area contributed by atoms with Crippen LogP contribution in [0.15, 0.2) is 23.0 Å². The summed E-state index contributed by atoms with van der Waals surface area (Å²) in [6.45, 7) is 5.43. The zero-order chi connectivity index (χ0) is 25.2. The maximum absolute atomic E-state index is 12.9. The number of cyclic esters (lactones) is 1. The molecule has 0 aromatic heterocycles. The number of aliphatic hydroxyl groups excluding tert-OH is 2. The summed E-state index contributed by atoms with van der Waals surface area (Å²) < 4.78 is 28.7. The van der Waals surface area contributed by atoms with E-state index >= 15 is 0 Å². The van der Waals surface area contributed by atoms with Gasteiger partial charge in [-0.1, -0.05) is 31.9 Å². The molecule has 9 atom stereocenters. The molecule has 36 heavy (non-hydrogen) atoms. The number of carbonyl (C=O) groups excluding carboxylic acids is 1. The van der Waals surface area contributed by atoms with Crippen LogP contribution in [0.25, 0.3) is 0 Å². The molecule has 0 bridgehead atoms. The van der Waals surface area contributed by atoms with Crippen LogP contribution in [0.2, 0.25) is 0 Å². The van der Waals surface area contributed by atoms with Crippen molar-refractivity contribution in [2.45, 2.75) is 96.9 Å². The number of ether oxygens (including phenoxy) is 1. The maximum Gasteiger partial charge on any atom is 1.00 e. The molecular formula is C26H38NaO8P. The second-order valence-electron chi connectivity index (χ2n) is 11.8. The van der Waals surface area contributed by atoms with E-state index in [1.165, 1.54) is 32.6 Å². The van der Waals surface area contributed by atoms with Crippen molar-refractivity contribution in [1.82, 2.24) is 0 Å². The Labute approximate surface area is 235 Å². The predicted molar refractivity (Wildman–Crippen MR) is 126 cm³/mol. The average Bonchev–Trinajstić information content (AvgIpc) is 3.28. The molecule has 0 aromatic rings. The monoisotopic (exact) mass is 532 g/mol. The van der Waals surface area contributed by atoms with Crippen molar-refractivity contribution >= 4 is 13.8 Å². The third-order valence-electron chi connectivity index (χ3n) is 10.1. The minimum atomic E-state index is -4.88. The Balaban J connectivity index is 0.00000304. The fourth-order valence-electron chi connectivity index (χ4n) is 8.23. The van der Waals surface area contributed by atoms with Gasteiger partial charge in [-0.2, -0.15) is 0 Å². The van der Waals surface area contributed by atoms with E-state index in [0.717, 1.165) is 25.7 Å². The van der Waals surface area contributed by atoms with E-state index in [0.29, 0.717) is 24.2 Å². The molecule has 3 fully saturated rings. The van der Waals surface area contributed by atoms with Gasteiger partial charge in [0, 0.05) is 5.57 Å². The molecule has 0 saturated heterocycles. The van der Waals surface area contributed by atoms with Gasteiger partial charge < -0.3 is 28.9 Å². The number of allylic oxidation sites excluding steroid dienone is 2. The quantitative estimate of drug-likeness (QED) is 0.222. The predicted octanol–water partition coefficient (Wildman–Crippen LogP) is 0.766. The number of phosphoric acid groups is 1. The van der Waals surface area contributed by atoms with Gasteiger partial charge in [-0.05, 0) is 86.9 Å². The minimum absolute atomic E-state index is 0. The van der Waals surface area contributed by atoms with Crippen LogP contribution in [0.1, 0.15) is 78.6 Å². The van der Waals surface area contributed by atoms with Gasteiger partial charge in [-0.15, -0.1) is 0 Å². The Morgan fingerprint density at radius 1 is 1.22 bits per heavy atom. The molecule has 196 valence electrons. The van der Waals surface area contributed by atoms with E-state index in [-0.39, 0.29) is 46.0 Å². The summed E-state index contributed by atoms with van der Waals surface area (Å²) in [5.41, 5.74) is 1.78. The molecule has 6 unspecified atom stereocenters. The van der Waals surface area contributed by atoms with Gasteiger partial charge in [0.05, 0.1) is 12.7 Å². The molecule has 5 aliphatic rings. The van der Waals surface area contributed by atoms with E-state index in [2.05, 4.69) is 19.9 Å². The number of hydrogen-bond acceptors (Lipinski definition) is 8. The number of carbonyl (C=O) groups is 1. The summed E-state index contributed by atoms with van der Waals surface area (Å²) in [7, 11) is -4.88. The summed E-state index contributed by atoms with van der Waals surface area (Å²) in [4.78, 5) is 25.1. The first-order chi connectivity index (χ1) is 16.5. The number of hydrogen-bond donors (Lipinski definition) is 2. The zero-order valence-electron chi connectivity index (χ0n) is 21.9. The van der Waals surface area contributed by atoms with Gasteiger partial charge in [0.1, 0.15) is 6.10 Å². The third kappa shape index (κ3) is 4.72. The fraction of sp³-hybridized carbons (Fsp3) is 0.808. The van der Waals surface area contributed by atoms with Gasteiger partial charge in [-0.25, -0.2) is 4.79 Å². The van der Waals surface area contributed by atoms with Crippen LogP contribution in [-0.2, 0) is 23.1 Å². The number of phosphoric ester groups is 1. The Morgan fingerprint density at radius 2 is 1.97 bits per heavy atom. The fourth-order valence-corrected chi connectivity index (χ4v) is 9.38. The third-order valence-corrected chi connectivity index (χ3v) is 11.0. The summed E-state index contributed by atoms with van der Waals surface area (Å²) in [6.07, 6.45) is 9.17. The van der Waals surface area contributed by atoms with Gasteiger partial charge in [0.25, 0.3) is 0 Å². The van der Waals surface area contributed by atoms with Crippen molar-refractivity contribution in [1.29, 1.82) is 0 Å². The minimum Gasteiger partial charge on any atom is -0.746 e. The van der Waals surface area contributed by atoms with Crippen molar-refractivity contribution in [2.24, 2.45) is 28.6 Å². The van der Waals surface area contributed by atoms with Crippen LogP contribution in [0, 0.1) is 28.6 Å². The molecule has 5 rings (SSSR count). The van der Waals surface area contributed by atoms with Crippen molar-refractivity contribution in [2.75, 3.05) is 6.61 Å². The molecule has 0 aromatic carbocycles. The van der Waals surface area contributed by atoms with Gasteiger partial charge in [0.15, 0.2) is 6.10 Å². The average molecular weight is 533 g/mol. The van der Waals surface area contributed by atoms with E-state index < -0.39 is 44.5 Å². The second kappa shape index (κ2) is 10.4. The Morgan fingerprint density at radius 3 is 2.69 bits per heavy atom. The van der Waals surface area contributed by atoms with E-state index in [1.807, 2.05) is 0 Å². The Bertz CT molecular complexity index is 996. The summed E-state index contributed by atoms with van der Waals surface area (Å²) >= 11 is 0. The molecule has 0 spiro atoms. The first-order valence-electron chi connectivity index (χ1n) is 13.1. The molecule has 8 nitrogen and oxygen atoms in total. The van der Waals surface area contributed by atoms with Gasteiger partial charge in [0.2, 0.25) is 5.76 Å². The molecule has 1 heterocycles. The van der Waals surface area contributed by atoms with Crippen LogP contribution < -0.4 is 34.5 Å². The van der Waals surface area contributed by atoms with Gasteiger partial charge in [-0.3, -0.25) is 4.57 Å². The summed E-state index contributed by atoms with van der Waals surface area (Å²) in [6, 6.07) is 0. The Hall–Kier alpha value is -0.180. The molecule has 2 N–H and O–H groups in total. The topological polar surface area (TPSA) is 125 Å².